The van der Waals surface area contributed by atoms with Crippen LogP contribution in [0.25, 0.3) is 5.52 Å². The molecule has 0 atom stereocenters. The van der Waals surface area contributed by atoms with Crippen molar-refractivity contribution < 1.29 is 0 Å². The predicted octanol–water partition coefficient (Wildman–Crippen LogP) is 1.59. The van der Waals surface area contributed by atoms with Crippen molar-refractivity contribution in [2.75, 3.05) is 0 Å². The van der Waals surface area contributed by atoms with Crippen molar-refractivity contribution in [2.24, 2.45) is 0 Å². The summed E-state index contributed by atoms with van der Waals surface area (Å²) in [6.45, 7) is 10.1. The van der Waals surface area contributed by atoms with Crippen molar-refractivity contribution >= 4 is 5.52 Å². The lowest BCUT2D eigenvalue weighted by Gasteiger charge is -2.16. The van der Waals surface area contributed by atoms with Crippen LogP contribution in [0.5, 0.6) is 0 Å². The number of aromatic nitrogens is 4. The first-order valence-corrected chi connectivity index (χ1v) is 5.83. The molecule has 0 aliphatic heterocycles. The van der Waals surface area contributed by atoms with E-state index in [1.54, 1.807) is 4.40 Å². The van der Waals surface area contributed by atoms with Gasteiger partial charge in [0.15, 0.2) is 0 Å². The molecule has 0 aliphatic carbocycles. The van der Waals surface area contributed by atoms with E-state index in [-0.39, 0.29) is 11.1 Å². The fraction of sp³-hybridized carbons (Fsp3) is 0.583. The molecule has 0 aliphatic rings. The van der Waals surface area contributed by atoms with E-state index in [1.807, 2.05) is 34.6 Å². The minimum absolute atomic E-state index is 0.170. The lowest BCUT2D eigenvalue weighted by molar-refractivity contribution is 0.535. The molecule has 0 unspecified atom stereocenters. The van der Waals surface area contributed by atoms with Crippen molar-refractivity contribution in [3.8, 4) is 0 Å². The quantitative estimate of drug-likeness (QED) is 0.815. The van der Waals surface area contributed by atoms with E-state index in [1.165, 1.54) is 0 Å². The maximum absolute atomic E-state index is 11.9. The Morgan fingerprint density at radius 1 is 1.35 bits per heavy atom. The fourth-order valence-electron chi connectivity index (χ4n) is 2.03. The Balaban J connectivity index is 2.96. The van der Waals surface area contributed by atoms with Crippen molar-refractivity contribution in [3.63, 3.8) is 0 Å². The second-order valence-corrected chi connectivity index (χ2v) is 5.28. The topological polar surface area (TPSA) is 63.0 Å². The molecule has 2 aromatic rings. The Morgan fingerprint density at radius 3 is 2.53 bits per heavy atom. The largest absolute Gasteiger partial charge is 0.347 e. The summed E-state index contributed by atoms with van der Waals surface area (Å²) in [5.74, 6) is 0.781. The number of aryl methyl sites for hydroxylation is 2. The average molecular weight is 234 g/mol. The number of aromatic amines is 1. The van der Waals surface area contributed by atoms with Crippen molar-refractivity contribution in [2.45, 2.75) is 46.5 Å². The first-order valence-electron chi connectivity index (χ1n) is 5.83. The molecule has 5 nitrogen and oxygen atoms in total. The van der Waals surface area contributed by atoms with E-state index in [2.05, 4.69) is 15.2 Å². The first kappa shape index (κ1) is 11.8. The van der Waals surface area contributed by atoms with Crippen LogP contribution in [0.4, 0.5) is 0 Å². The zero-order valence-corrected chi connectivity index (χ0v) is 11.0. The van der Waals surface area contributed by atoms with E-state index in [9.17, 15) is 4.79 Å². The number of hydrogen-bond donors (Lipinski definition) is 1. The number of rotatable bonds is 1. The summed E-state index contributed by atoms with van der Waals surface area (Å²) in [5, 5.41) is 6.62. The van der Waals surface area contributed by atoms with Gasteiger partial charge in [0.05, 0.1) is 16.9 Å². The van der Waals surface area contributed by atoms with Gasteiger partial charge in [-0.05, 0) is 13.3 Å². The van der Waals surface area contributed by atoms with E-state index >= 15 is 0 Å². The highest BCUT2D eigenvalue weighted by atomic mass is 16.1. The van der Waals surface area contributed by atoms with Crippen LogP contribution >= 0.6 is 0 Å². The molecule has 0 amide bonds. The highest BCUT2D eigenvalue weighted by molar-refractivity contribution is 5.56. The second kappa shape index (κ2) is 3.68. The van der Waals surface area contributed by atoms with Crippen LogP contribution in [0.15, 0.2) is 4.79 Å². The van der Waals surface area contributed by atoms with Gasteiger partial charge < -0.3 is 0 Å². The number of fused-ring (bicyclic) bond motifs is 1. The Kier molecular flexibility index (Phi) is 2.56. The molecule has 0 saturated carbocycles. The molecule has 2 aromatic heterocycles. The molecule has 5 heteroatoms. The van der Waals surface area contributed by atoms with Crippen LogP contribution in [-0.2, 0) is 11.8 Å². The standard InChI is InChI=1S/C12H18N4O/c1-6-8-9-7(2)13-10(12(3,4)5)16(9)11(17)15-14-8/h6H2,1-5H3,(H,15,17). The summed E-state index contributed by atoms with van der Waals surface area (Å²) in [6.07, 6.45) is 0.774. The minimum Gasteiger partial charge on any atom is -0.246 e. The predicted molar refractivity (Wildman–Crippen MR) is 66.4 cm³/mol. The zero-order chi connectivity index (χ0) is 12.8. The molecule has 92 valence electrons. The smallest absolute Gasteiger partial charge is 0.246 e. The van der Waals surface area contributed by atoms with Gasteiger partial charge in [-0.3, -0.25) is 0 Å². The first-order chi connectivity index (χ1) is 7.86. The minimum atomic E-state index is -0.220. The summed E-state index contributed by atoms with van der Waals surface area (Å²) < 4.78 is 1.65. The fourth-order valence-corrected chi connectivity index (χ4v) is 2.03. The number of H-pyrrole nitrogens is 1. The van der Waals surface area contributed by atoms with Crippen molar-refractivity contribution in [1.29, 1.82) is 0 Å². The van der Waals surface area contributed by atoms with Crippen molar-refractivity contribution in [1.82, 2.24) is 19.6 Å². The maximum atomic E-state index is 11.9. The average Bonchev–Trinajstić information content (AvgIpc) is 2.58. The van der Waals surface area contributed by atoms with Crippen LogP contribution < -0.4 is 5.69 Å². The van der Waals surface area contributed by atoms with Crippen LogP contribution in [0.1, 0.15) is 44.9 Å². The molecule has 0 fully saturated rings. The Bertz CT molecular complexity index is 616. The summed E-state index contributed by atoms with van der Waals surface area (Å²) in [4.78, 5) is 16.5. The molecule has 2 heterocycles. The molecule has 0 radical (unpaired) electrons. The highest BCUT2D eigenvalue weighted by Crippen LogP contribution is 2.23. The molecule has 2 rings (SSSR count). The molecule has 0 aromatic carbocycles. The SMILES string of the molecule is CCc1n[nH]c(=O)n2c(C(C)(C)C)nc(C)c12. The van der Waals surface area contributed by atoms with Gasteiger partial charge in [0, 0.05) is 5.41 Å². The number of nitrogens with zero attached hydrogens (tertiary/aromatic N) is 3. The molecular formula is C12H18N4O. The van der Waals surface area contributed by atoms with Gasteiger partial charge in [-0.25, -0.2) is 19.3 Å². The molecule has 1 N–H and O–H groups in total. The van der Waals surface area contributed by atoms with Crippen LogP contribution in [-0.4, -0.2) is 19.6 Å². The second-order valence-electron chi connectivity index (χ2n) is 5.28. The van der Waals surface area contributed by atoms with Gasteiger partial charge in [-0.1, -0.05) is 27.7 Å². The lowest BCUT2D eigenvalue weighted by Crippen LogP contribution is -2.26. The van der Waals surface area contributed by atoms with Gasteiger partial charge in [0.2, 0.25) is 0 Å². The number of imidazole rings is 1. The van der Waals surface area contributed by atoms with Gasteiger partial charge >= 0.3 is 5.69 Å². The highest BCUT2D eigenvalue weighted by Gasteiger charge is 2.24. The maximum Gasteiger partial charge on any atom is 0.347 e. The van der Waals surface area contributed by atoms with Gasteiger partial charge in [-0.2, -0.15) is 5.10 Å². The van der Waals surface area contributed by atoms with Gasteiger partial charge in [0.25, 0.3) is 0 Å². The number of nitrogens with one attached hydrogen (secondary N) is 1. The number of hydrogen-bond acceptors (Lipinski definition) is 3. The third-order valence-electron chi connectivity index (χ3n) is 2.82. The zero-order valence-electron chi connectivity index (χ0n) is 11.0. The van der Waals surface area contributed by atoms with Gasteiger partial charge in [0.1, 0.15) is 5.82 Å². The summed E-state index contributed by atoms with van der Waals surface area (Å²) in [7, 11) is 0. The van der Waals surface area contributed by atoms with Crippen LogP contribution in [0.3, 0.4) is 0 Å². The Labute approximate surface area is 99.9 Å². The van der Waals surface area contributed by atoms with Crippen molar-refractivity contribution in [3.05, 3.63) is 27.7 Å². The summed E-state index contributed by atoms with van der Waals surface area (Å²) in [5.41, 5.74) is 2.20. The molecule has 0 bridgehead atoms. The van der Waals surface area contributed by atoms with E-state index in [0.717, 1.165) is 29.1 Å². The monoisotopic (exact) mass is 234 g/mol. The normalized spacial score (nSPS) is 12.3. The molecular weight excluding hydrogens is 216 g/mol. The molecule has 17 heavy (non-hydrogen) atoms. The van der Waals surface area contributed by atoms with Crippen LogP contribution in [0, 0.1) is 6.92 Å². The molecule has 0 spiro atoms. The third kappa shape index (κ3) is 1.75. The van der Waals surface area contributed by atoms with E-state index < -0.39 is 0 Å². The third-order valence-corrected chi connectivity index (χ3v) is 2.82. The Hall–Kier alpha value is -1.65. The lowest BCUT2D eigenvalue weighted by atomic mass is 9.96. The van der Waals surface area contributed by atoms with E-state index in [4.69, 9.17) is 0 Å². The molecule has 0 saturated heterocycles. The summed E-state index contributed by atoms with van der Waals surface area (Å²) >= 11 is 0. The van der Waals surface area contributed by atoms with Crippen LogP contribution in [0.2, 0.25) is 0 Å². The Morgan fingerprint density at radius 2 is 2.00 bits per heavy atom. The summed E-state index contributed by atoms with van der Waals surface area (Å²) in [6, 6.07) is 0. The van der Waals surface area contributed by atoms with E-state index in [0.29, 0.717) is 0 Å². The van der Waals surface area contributed by atoms with Gasteiger partial charge in [-0.15, -0.1) is 0 Å².